The third-order valence-electron chi connectivity index (χ3n) is 4.93. The van der Waals surface area contributed by atoms with Crippen molar-refractivity contribution in [2.24, 2.45) is 0 Å². The molecular formula is C26H27F3N2O4. The van der Waals surface area contributed by atoms with Gasteiger partial charge in [-0.1, -0.05) is 75.4 Å². The van der Waals surface area contributed by atoms with E-state index in [1.807, 2.05) is 54.6 Å². The summed E-state index contributed by atoms with van der Waals surface area (Å²) in [5.74, 6) is -2.50. The van der Waals surface area contributed by atoms with Crippen LogP contribution in [0.25, 0.3) is 0 Å². The minimum absolute atomic E-state index is 0.182. The van der Waals surface area contributed by atoms with Gasteiger partial charge < -0.3 is 21.3 Å². The zero-order valence-corrected chi connectivity index (χ0v) is 19.5. The predicted molar refractivity (Wildman–Crippen MR) is 128 cm³/mol. The van der Waals surface area contributed by atoms with Crippen molar-refractivity contribution in [3.05, 3.63) is 89.0 Å². The molecule has 0 saturated heterocycles. The molecular weight excluding hydrogens is 461 g/mol. The van der Waals surface area contributed by atoms with Crippen molar-refractivity contribution in [2.75, 3.05) is 11.5 Å². The Bertz CT molecular complexity index is 1190. The summed E-state index contributed by atoms with van der Waals surface area (Å²) in [7, 11) is 0. The molecule has 0 bridgehead atoms. The number of alkyl halides is 3. The van der Waals surface area contributed by atoms with E-state index < -0.39 is 12.1 Å². The number of carbonyl (C=O) groups excluding carboxylic acids is 1. The molecule has 0 amide bonds. The predicted octanol–water partition coefficient (Wildman–Crippen LogP) is 5.59. The van der Waals surface area contributed by atoms with Crippen molar-refractivity contribution in [3.8, 4) is 5.75 Å². The minimum Gasteiger partial charge on any atom is -0.488 e. The number of rotatable bonds is 5. The van der Waals surface area contributed by atoms with Gasteiger partial charge >= 0.3 is 12.1 Å². The van der Waals surface area contributed by atoms with Crippen molar-refractivity contribution in [2.45, 2.75) is 39.0 Å². The number of ether oxygens (including phenoxy) is 1. The third-order valence-corrected chi connectivity index (χ3v) is 4.93. The second-order valence-electron chi connectivity index (χ2n) is 8.64. The molecule has 0 saturated carbocycles. The molecule has 186 valence electrons. The first-order valence-corrected chi connectivity index (χ1v) is 10.5. The van der Waals surface area contributed by atoms with E-state index in [0.29, 0.717) is 29.2 Å². The zero-order chi connectivity index (χ0) is 26.4. The van der Waals surface area contributed by atoms with Crippen molar-refractivity contribution in [3.63, 3.8) is 0 Å². The van der Waals surface area contributed by atoms with Crippen LogP contribution in [-0.4, -0.2) is 23.0 Å². The summed E-state index contributed by atoms with van der Waals surface area (Å²) in [5.41, 5.74) is 15.5. The molecule has 3 aromatic carbocycles. The van der Waals surface area contributed by atoms with Gasteiger partial charge in [0.05, 0.1) is 16.9 Å². The van der Waals surface area contributed by atoms with E-state index in [9.17, 15) is 18.0 Å². The first-order valence-electron chi connectivity index (χ1n) is 10.5. The number of nitrogen functional groups attached to an aromatic ring is 2. The Morgan fingerprint density at radius 1 is 0.886 bits per heavy atom. The van der Waals surface area contributed by atoms with Gasteiger partial charge in [-0.3, -0.25) is 4.79 Å². The maximum Gasteiger partial charge on any atom is 0.490 e. The van der Waals surface area contributed by atoms with Gasteiger partial charge in [-0.2, -0.15) is 13.2 Å². The number of aliphatic carboxylic acids is 1. The number of anilines is 2. The highest BCUT2D eigenvalue weighted by atomic mass is 19.4. The van der Waals surface area contributed by atoms with Gasteiger partial charge in [-0.05, 0) is 28.7 Å². The molecule has 0 aliphatic carbocycles. The van der Waals surface area contributed by atoms with Crippen LogP contribution in [0.15, 0.2) is 66.7 Å². The van der Waals surface area contributed by atoms with E-state index in [4.69, 9.17) is 26.1 Å². The molecule has 0 spiro atoms. The fraction of sp³-hybridized carbons (Fsp3) is 0.231. The van der Waals surface area contributed by atoms with E-state index >= 15 is 0 Å². The highest BCUT2D eigenvalue weighted by Crippen LogP contribution is 2.35. The lowest BCUT2D eigenvalue weighted by Gasteiger charge is -2.23. The normalized spacial score (nSPS) is 11.3. The third kappa shape index (κ3) is 7.23. The second kappa shape index (κ2) is 10.9. The van der Waals surface area contributed by atoms with Crippen molar-refractivity contribution < 1.29 is 32.6 Å². The van der Waals surface area contributed by atoms with Crippen molar-refractivity contribution >= 4 is 23.1 Å². The topological polar surface area (TPSA) is 116 Å². The minimum atomic E-state index is -5.08. The Morgan fingerprint density at radius 2 is 1.43 bits per heavy atom. The molecule has 0 unspecified atom stereocenters. The number of carboxylic acids is 1. The molecule has 5 N–H and O–H groups in total. The first kappa shape index (κ1) is 27.2. The van der Waals surface area contributed by atoms with Gasteiger partial charge in [0.2, 0.25) is 0 Å². The SMILES string of the molecule is CC(C)(C)c1ccccc1C(=O)c1c(OCc2ccccc2)ccc(N)c1N.O=C(O)C(F)(F)F. The lowest BCUT2D eigenvalue weighted by molar-refractivity contribution is -0.192. The van der Waals surface area contributed by atoms with Crippen molar-refractivity contribution in [1.82, 2.24) is 0 Å². The Morgan fingerprint density at radius 3 is 1.97 bits per heavy atom. The van der Waals surface area contributed by atoms with Crippen LogP contribution in [0.1, 0.15) is 47.8 Å². The lowest BCUT2D eigenvalue weighted by Crippen LogP contribution is -2.21. The van der Waals surface area contributed by atoms with E-state index in [1.54, 1.807) is 12.1 Å². The highest BCUT2D eigenvalue weighted by Gasteiger charge is 2.38. The molecule has 0 aliphatic heterocycles. The molecule has 3 rings (SSSR count). The molecule has 0 fully saturated rings. The number of nitrogens with two attached hydrogens (primary N) is 2. The fourth-order valence-electron chi connectivity index (χ4n) is 3.18. The Hall–Kier alpha value is -4.01. The van der Waals surface area contributed by atoms with E-state index in [-0.39, 0.29) is 16.9 Å². The summed E-state index contributed by atoms with van der Waals surface area (Å²) in [6, 6.07) is 20.7. The molecule has 6 nitrogen and oxygen atoms in total. The average Bonchev–Trinajstić information content (AvgIpc) is 2.79. The molecule has 0 atom stereocenters. The van der Waals surface area contributed by atoms with Crippen LogP contribution < -0.4 is 16.2 Å². The van der Waals surface area contributed by atoms with Crippen LogP contribution in [0.4, 0.5) is 24.5 Å². The first-order chi connectivity index (χ1) is 16.2. The van der Waals surface area contributed by atoms with Gasteiger partial charge in [-0.15, -0.1) is 0 Å². The number of halogens is 3. The molecule has 0 heterocycles. The highest BCUT2D eigenvalue weighted by molar-refractivity contribution is 6.16. The second-order valence-corrected chi connectivity index (χ2v) is 8.64. The summed E-state index contributed by atoms with van der Waals surface area (Å²) in [6.07, 6.45) is -5.08. The number of hydrogen-bond acceptors (Lipinski definition) is 5. The summed E-state index contributed by atoms with van der Waals surface area (Å²) in [6.45, 7) is 6.57. The van der Waals surface area contributed by atoms with Crippen LogP contribution >= 0.6 is 0 Å². The number of benzene rings is 3. The zero-order valence-electron chi connectivity index (χ0n) is 19.5. The van der Waals surface area contributed by atoms with Crippen LogP contribution in [0.5, 0.6) is 5.75 Å². The quantitative estimate of drug-likeness (QED) is 0.318. The van der Waals surface area contributed by atoms with E-state index in [2.05, 4.69) is 20.8 Å². The molecule has 35 heavy (non-hydrogen) atoms. The maximum absolute atomic E-state index is 13.5. The van der Waals surface area contributed by atoms with Gasteiger partial charge in [0, 0.05) is 5.56 Å². The molecule has 0 aromatic heterocycles. The van der Waals surface area contributed by atoms with Gasteiger partial charge in [0.1, 0.15) is 12.4 Å². The Labute approximate surface area is 201 Å². The standard InChI is InChI=1S/C24H26N2O2.C2HF3O2/c1-24(2,3)18-12-8-7-11-17(18)23(27)21-20(14-13-19(25)22(21)26)28-15-16-9-5-4-6-10-16;3-2(4,5)1(6)7/h4-14H,15,25-26H2,1-3H3;(H,6,7). The maximum atomic E-state index is 13.5. The summed E-state index contributed by atoms with van der Waals surface area (Å²) in [4.78, 5) is 22.4. The largest absolute Gasteiger partial charge is 0.490 e. The van der Waals surface area contributed by atoms with Gasteiger partial charge in [0.15, 0.2) is 5.78 Å². The molecule has 0 radical (unpaired) electrons. The smallest absolute Gasteiger partial charge is 0.488 e. The average molecular weight is 489 g/mol. The fourth-order valence-corrected chi connectivity index (χ4v) is 3.18. The summed E-state index contributed by atoms with van der Waals surface area (Å²) >= 11 is 0. The molecule has 9 heteroatoms. The number of ketones is 1. The van der Waals surface area contributed by atoms with E-state index in [0.717, 1.165) is 11.1 Å². The Kier molecular flexibility index (Phi) is 8.52. The summed E-state index contributed by atoms with van der Waals surface area (Å²) in [5, 5.41) is 7.12. The molecule has 3 aromatic rings. The van der Waals surface area contributed by atoms with Gasteiger partial charge in [0.25, 0.3) is 0 Å². The Balaban J connectivity index is 0.000000540. The van der Waals surface area contributed by atoms with Gasteiger partial charge in [-0.25, -0.2) is 4.79 Å². The number of carbonyl (C=O) groups is 2. The van der Waals surface area contributed by atoms with Crippen molar-refractivity contribution in [1.29, 1.82) is 0 Å². The van der Waals surface area contributed by atoms with Crippen LogP contribution in [0.2, 0.25) is 0 Å². The number of carboxylic acid groups (broad SMARTS) is 1. The summed E-state index contributed by atoms with van der Waals surface area (Å²) < 4.78 is 37.7. The monoisotopic (exact) mass is 488 g/mol. The number of hydrogen-bond donors (Lipinski definition) is 3. The van der Waals surface area contributed by atoms with Crippen LogP contribution in [0.3, 0.4) is 0 Å². The molecule has 0 aliphatic rings. The van der Waals surface area contributed by atoms with E-state index in [1.165, 1.54) is 0 Å². The lowest BCUT2D eigenvalue weighted by atomic mass is 9.81. The van der Waals surface area contributed by atoms with Crippen LogP contribution in [-0.2, 0) is 16.8 Å². The van der Waals surface area contributed by atoms with Crippen LogP contribution in [0, 0.1) is 0 Å².